The predicted molar refractivity (Wildman–Crippen MR) is 103 cm³/mol. The molecule has 1 heterocycles. The van der Waals surface area contributed by atoms with E-state index in [9.17, 15) is 0 Å². The SMILES string of the molecule is CCOCCCCNC(=NC)N(C)CCc1cccs1.I. The number of thiophene rings is 1. The van der Waals surface area contributed by atoms with Crippen molar-refractivity contribution in [3.63, 3.8) is 0 Å². The first-order valence-electron chi connectivity index (χ1n) is 7.29. The number of unbranched alkanes of at least 4 members (excludes halogenated alkanes) is 1. The number of hydrogen-bond donors (Lipinski definition) is 1. The molecule has 0 aliphatic carbocycles. The van der Waals surface area contributed by atoms with E-state index in [0.29, 0.717) is 0 Å². The molecule has 0 fully saturated rings. The molecule has 0 aliphatic rings. The van der Waals surface area contributed by atoms with Crippen LogP contribution in [0.5, 0.6) is 0 Å². The Labute approximate surface area is 150 Å². The molecule has 21 heavy (non-hydrogen) atoms. The normalized spacial score (nSPS) is 11.1. The average Bonchev–Trinajstić information content (AvgIpc) is 2.97. The van der Waals surface area contributed by atoms with E-state index in [-0.39, 0.29) is 24.0 Å². The van der Waals surface area contributed by atoms with E-state index in [1.165, 1.54) is 4.88 Å². The number of nitrogens with zero attached hydrogens (tertiary/aromatic N) is 2. The molecule has 1 rings (SSSR count). The summed E-state index contributed by atoms with van der Waals surface area (Å²) in [6, 6.07) is 4.29. The maximum Gasteiger partial charge on any atom is 0.193 e. The summed E-state index contributed by atoms with van der Waals surface area (Å²) in [5.74, 6) is 0.970. The second-order valence-corrected chi connectivity index (χ2v) is 5.66. The van der Waals surface area contributed by atoms with Crippen molar-refractivity contribution in [3.8, 4) is 0 Å². The molecular formula is C15H28IN3OS. The maximum absolute atomic E-state index is 5.33. The van der Waals surface area contributed by atoms with Crippen LogP contribution < -0.4 is 5.32 Å². The van der Waals surface area contributed by atoms with Crippen molar-refractivity contribution in [2.75, 3.05) is 40.4 Å². The van der Waals surface area contributed by atoms with Gasteiger partial charge < -0.3 is 15.0 Å². The Bertz CT molecular complexity index is 371. The van der Waals surface area contributed by atoms with Crippen molar-refractivity contribution >= 4 is 41.3 Å². The fourth-order valence-electron chi connectivity index (χ4n) is 1.90. The van der Waals surface area contributed by atoms with Crippen LogP contribution in [0, 0.1) is 0 Å². The minimum absolute atomic E-state index is 0. The van der Waals surface area contributed by atoms with Gasteiger partial charge in [0.1, 0.15) is 0 Å². The topological polar surface area (TPSA) is 36.9 Å². The Morgan fingerprint density at radius 3 is 2.86 bits per heavy atom. The molecular weight excluding hydrogens is 397 g/mol. The molecule has 0 bridgehead atoms. The highest BCUT2D eigenvalue weighted by Crippen LogP contribution is 2.09. The summed E-state index contributed by atoms with van der Waals surface area (Å²) >= 11 is 1.81. The monoisotopic (exact) mass is 425 g/mol. The molecule has 1 aromatic rings. The van der Waals surface area contributed by atoms with Gasteiger partial charge in [0.25, 0.3) is 0 Å². The molecule has 0 amide bonds. The third kappa shape index (κ3) is 9.31. The van der Waals surface area contributed by atoms with Crippen LogP contribution in [-0.2, 0) is 11.2 Å². The van der Waals surface area contributed by atoms with Gasteiger partial charge in [0.15, 0.2) is 5.96 Å². The molecule has 0 atom stereocenters. The highest BCUT2D eigenvalue weighted by atomic mass is 127. The van der Waals surface area contributed by atoms with Gasteiger partial charge in [-0.15, -0.1) is 35.3 Å². The number of hydrogen-bond acceptors (Lipinski definition) is 3. The van der Waals surface area contributed by atoms with Gasteiger partial charge in [-0.3, -0.25) is 4.99 Å². The number of rotatable bonds is 9. The van der Waals surface area contributed by atoms with Crippen molar-refractivity contribution in [1.29, 1.82) is 0 Å². The Balaban J connectivity index is 0.00000400. The van der Waals surface area contributed by atoms with Crippen LogP contribution in [0.15, 0.2) is 22.5 Å². The molecule has 0 saturated heterocycles. The summed E-state index contributed by atoms with van der Waals surface area (Å²) in [4.78, 5) is 7.93. The Hall–Kier alpha value is -0.340. The molecule has 0 saturated carbocycles. The lowest BCUT2D eigenvalue weighted by atomic mass is 10.3. The maximum atomic E-state index is 5.33. The van der Waals surface area contributed by atoms with E-state index < -0.39 is 0 Å². The minimum Gasteiger partial charge on any atom is -0.382 e. The average molecular weight is 425 g/mol. The summed E-state index contributed by atoms with van der Waals surface area (Å²) in [5, 5.41) is 5.53. The molecule has 1 aromatic heterocycles. The molecule has 1 N–H and O–H groups in total. The lowest BCUT2D eigenvalue weighted by molar-refractivity contribution is 0.143. The molecule has 0 radical (unpaired) electrons. The first-order chi connectivity index (χ1) is 9.77. The quantitative estimate of drug-likeness (QED) is 0.286. The fourth-order valence-corrected chi connectivity index (χ4v) is 2.60. The van der Waals surface area contributed by atoms with Crippen molar-refractivity contribution < 1.29 is 4.74 Å². The molecule has 122 valence electrons. The zero-order chi connectivity index (χ0) is 14.6. The van der Waals surface area contributed by atoms with Crippen LogP contribution >= 0.6 is 35.3 Å². The highest BCUT2D eigenvalue weighted by molar-refractivity contribution is 14.0. The Morgan fingerprint density at radius 2 is 2.24 bits per heavy atom. The van der Waals surface area contributed by atoms with Crippen molar-refractivity contribution in [2.45, 2.75) is 26.2 Å². The fraction of sp³-hybridized carbons (Fsp3) is 0.667. The number of likely N-dealkylation sites (N-methyl/N-ethyl adjacent to an activating group) is 1. The van der Waals surface area contributed by atoms with Gasteiger partial charge in [-0.05, 0) is 37.6 Å². The Kier molecular flexibility index (Phi) is 13.1. The first kappa shape index (κ1) is 20.7. The summed E-state index contributed by atoms with van der Waals surface area (Å²) in [5.41, 5.74) is 0. The first-order valence-corrected chi connectivity index (χ1v) is 8.17. The summed E-state index contributed by atoms with van der Waals surface area (Å²) in [6.07, 6.45) is 3.27. The van der Waals surface area contributed by atoms with Gasteiger partial charge >= 0.3 is 0 Å². The van der Waals surface area contributed by atoms with E-state index >= 15 is 0 Å². The van der Waals surface area contributed by atoms with Crippen molar-refractivity contribution in [2.24, 2.45) is 4.99 Å². The van der Waals surface area contributed by atoms with Gasteiger partial charge in [0.2, 0.25) is 0 Å². The largest absolute Gasteiger partial charge is 0.382 e. The van der Waals surface area contributed by atoms with E-state index in [1.807, 2.05) is 25.3 Å². The van der Waals surface area contributed by atoms with Gasteiger partial charge in [-0.25, -0.2) is 0 Å². The standard InChI is InChI=1S/C15H27N3OS.HI/c1-4-19-12-6-5-10-17-15(16-2)18(3)11-9-14-8-7-13-20-14;/h7-8,13H,4-6,9-12H2,1-3H3,(H,16,17);1H. The van der Waals surface area contributed by atoms with Crippen LogP contribution in [0.2, 0.25) is 0 Å². The van der Waals surface area contributed by atoms with Crippen molar-refractivity contribution in [1.82, 2.24) is 10.2 Å². The van der Waals surface area contributed by atoms with Gasteiger partial charge in [0.05, 0.1) is 0 Å². The van der Waals surface area contributed by atoms with Gasteiger partial charge in [-0.2, -0.15) is 0 Å². The number of ether oxygens (including phenoxy) is 1. The smallest absolute Gasteiger partial charge is 0.193 e. The highest BCUT2D eigenvalue weighted by Gasteiger charge is 2.05. The minimum atomic E-state index is 0. The van der Waals surface area contributed by atoms with E-state index in [2.05, 4.69) is 39.8 Å². The number of aliphatic imine (C=N–C) groups is 1. The molecule has 0 aromatic carbocycles. The van der Waals surface area contributed by atoms with Crippen LogP contribution in [-0.4, -0.2) is 51.3 Å². The van der Waals surface area contributed by atoms with Gasteiger partial charge in [-0.1, -0.05) is 6.07 Å². The van der Waals surface area contributed by atoms with E-state index in [1.54, 1.807) is 0 Å². The van der Waals surface area contributed by atoms with Crippen LogP contribution in [0.25, 0.3) is 0 Å². The third-order valence-electron chi connectivity index (χ3n) is 3.05. The third-order valence-corrected chi connectivity index (χ3v) is 3.99. The van der Waals surface area contributed by atoms with E-state index in [4.69, 9.17) is 4.74 Å². The number of nitrogens with one attached hydrogen (secondary N) is 1. The second-order valence-electron chi connectivity index (χ2n) is 4.63. The van der Waals surface area contributed by atoms with Crippen molar-refractivity contribution in [3.05, 3.63) is 22.4 Å². The Morgan fingerprint density at radius 1 is 1.43 bits per heavy atom. The zero-order valence-electron chi connectivity index (χ0n) is 13.3. The lowest BCUT2D eigenvalue weighted by Gasteiger charge is -2.21. The van der Waals surface area contributed by atoms with Crippen LogP contribution in [0.1, 0.15) is 24.6 Å². The summed E-state index contributed by atoms with van der Waals surface area (Å²) in [7, 11) is 3.92. The lowest BCUT2D eigenvalue weighted by Crippen LogP contribution is -2.40. The zero-order valence-corrected chi connectivity index (χ0v) is 16.4. The second kappa shape index (κ2) is 13.3. The molecule has 0 spiro atoms. The molecule has 0 aliphatic heterocycles. The summed E-state index contributed by atoms with van der Waals surface area (Å²) in [6.45, 7) is 5.62. The predicted octanol–water partition coefficient (Wildman–Crippen LogP) is 3.23. The number of halogens is 1. The van der Waals surface area contributed by atoms with Crippen LogP contribution in [0.4, 0.5) is 0 Å². The molecule has 4 nitrogen and oxygen atoms in total. The summed E-state index contributed by atoms with van der Waals surface area (Å²) < 4.78 is 5.33. The molecule has 6 heteroatoms. The molecule has 0 unspecified atom stereocenters. The van der Waals surface area contributed by atoms with E-state index in [0.717, 1.165) is 51.5 Å². The van der Waals surface area contributed by atoms with Crippen LogP contribution in [0.3, 0.4) is 0 Å². The van der Waals surface area contributed by atoms with Gasteiger partial charge in [0, 0.05) is 45.3 Å². The number of guanidine groups is 1.